The average molecular weight is 416 g/mol. The Morgan fingerprint density at radius 1 is 1.28 bits per heavy atom. The van der Waals surface area contributed by atoms with Gasteiger partial charge < -0.3 is 19.4 Å². The standard InChI is InChI=1S/C21H25N3O4S/c1-23-15-7-4-3-6-14(15)18-16(21(23)26)17(27-2)19(29-18)20(25)22-8-5-9-24-10-12-28-13-11-24/h3-4,6-7H,5,8-13H2,1-2H3,(H,22,25). The Morgan fingerprint density at radius 3 is 2.79 bits per heavy atom. The second-order valence-electron chi connectivity index (χ2n) is 7.11. The summed E-state index contributed by atoms with van der Waals surface area (Å²) in [5.74, 6) is 0.165. The van der Waals surface area contributed by atoms with Crippen LogP contribution in [-0.2, 0) is 11.8 Å². The van der Waals surface area contributed by atoms with Crippen LogP contribution in [0.3, 0.4) is 0 Å². The topological polar surface area (TPSA) is 72.8 Å². The predicted octanol–water partition coefficient (Wildman–Crippen LogP) is 2.21. The minimum atomic E-state index is -0.198. The van der Waals surface area contributed by atoms with E-state index in [1.807, 2.05) is 24.3 Å². The van der Waals surface area contributed by atoms with E-state index in [2.05, 4.69) is 10.2 Å². The van der Waals surface area contributed by atoms with E-state index in [9.17, 15) is 9.59 Å². The number of benzene rings is 1. The van der Waals surface area contributed by atoms with Crippen molar-refractivity contribution in [1.29, 1.82) is 0 Å². The fraction of sp³-hybridized carbons (Fsp3) is 0.429. The van der Waals surface area contributed by atoms with Gasteiger partial charge in [0, 0.05) is 32.1 Å². The lowest BCUT2D eigenvalue weighted by Gasteiger charge is -2.26. The van der Waals surface area contributed by atoms with E-state index in [4.69, 9.17) is 9.47 Å². The quantitative estimate of drug-likeness (QED) is 0.625. The van der Waals surface area contributed by atoms with Gasteiger partial charge in [-0.1, -0.05) is 18.2 Å². The van der Waals surface area contributed by atoms with Gasteiger partial charge in [0.05, 0.1) is 30.5 Å². The number of ether oxygens (including phenoxy) is 2. The fourth-order valence-electron chi connectivity index (χ4n) is 3.79. The van der Waals surface area contributed by atoms with Crippen LogP contribution < -0.4 is 15.6 Å². The van der Waals surface area contributed by atoms with E-state index in [-0.39, 0.29) is 11.5 Å². The van der Waals surface area contributed by atoms with Crippen LogP contribution in [0.25, 0.3) is 21.0 Å². The summed E-state index contributed by atoms with van der Waals surface area (Å²) in [6.07, 6.45) is 0.865. The molecule has 2 aromatic heterocycles. The van der Waals surface area contributed by atoms with Gasteiger partial charge >= 0.3 is 0 Å². The Hall–Kier alpha value is -2.42. The molecule has 0 aliphatic carbocycles. The zero-order valence-corrected chi connectivity index (χ0v) is 17.5. The minimum Gasteiger partial charge on any atom is -0.494 e. The van der Waals surface area contributed by atoms with Crippen molar-refractivity contribution < 1.29 is 14.3 Å². The molecule has 0 radical (unpaired) electrons. The van der Waals surface area contributed by atoms with Crippen LogP contribution in [-0.4, -0.2) is 61.9 Å². The maximum absolute atomic E-state index is 12.9. The highest BCUT2D eigenvalue weighted by Crippen LogP contribution is 2.39. The number of nitrogens with zero attached hydrogens (tertiary/aromatic N) is 2. The number of thiophene rings is 1. The minimum absolute atomic E-state index is 0.154. The van der Waals surface area contributed by atoms with Gasteiger partial charge in [0.15, 0.2) is 5.75 Å². The highest BCUT2D eigenvalue weighted by Gasteiger charge is 2.24. The molecule has 0 saturated carbocycles. The van der Waals surface area contributed by atoms with Crippen molar-refractivity contribution in [2.75, 3.05) is 46.5 Å². The molecule has 1 N–H and O–H groups in total. The van der Waals surface area contributed by atoms with Gasteiger partial charge in [-0.25, -0.2) is 0 Å². The molecular formula is C21H25N3O4S. The van der Waals surface area contributed by atoms with Crippen LogP contribution in [0.15, 0.2) is 29.1 Å². The molecule has 1 aliphatic heterocycles. The molecule has 4 rings (SSSR count). The summed E-state index contributed by atoms with van der Waals surface area (Å²) >= 11 is 1.32. The Labute approximate surface area is 172 Å². The average Bonchev–Trinajstić information content (AvgIpc) is 3.16. The van der Waals surface area contributed by atoms with E-state index < -0.39 is 0 Å². The van der Waals surface area contributed by atoms with E-state index in [0.29, 0.717) is 22.6 Å². The fourth-order valence-corrected chi connectivity index (χ4v) is 5.00. The lowest BCUT2D eigenvalue weighted by Crippen LogP contribution is -2.38. The SMILES string of the molecule is COc1c(C(=O)NCCCN2CCOCC2)sc2c1c(=O)n(C)c1ccccc21. The maximum Gasteiger partial charge on any atom is 0.265 e. The third kappa shape index (κ3) is 3.75. The molecule has 1 aliphatic rings. The number of methoxy groups -OCH3 is 1. The maximum atomic E-state index is 12.9. The molecule has 7 nitrogen and oxygen atoms in total. The summed E-state index contributed by atoms with van der Waals surface area (Å²) in [5.41, 5.74) is 0.685. The zero-order valence-electron chi connectivity index (χ0n) is 16.7. The van der Waals surface area contributed by atoms with Crippen LogP contribution in [0.1, 0.15) is 16.1 Å². The molecule has 1 aromatic carbocycles. The first-order valence-corrected chi connectivity index (χ1v) is 10.6. The predicted molar refractivity (Wildman–Crippen MR) is 115 cm³/mol. The van der Waals surface area contributed by atoms with Crippen molar-refractivity contribution in [2.45, 2.75) is 6.42 Å². The molecule has 29 heavy (non-hydrogen) atoms. The summed E-state index contributed by atoms with van der Waals surface area (Å²) in [6.45, 7) is 4.93. The van der Waals surface area contributed by atoms with E-state index in [1.54, 1.807) is 11.6 Å². The van der Waals surface area contributed by atoms with E-state index >= 15 is 0 Å². The van der Waals surface area contributed by atoms with Crippen LogP contribution in [0.5, 0.6) is 5.75 Å². The Morgan fingerprint density at radius 2 is 2.03 bits per heavy atom. The number of fused-ring (bicyclic) bond motifs is 3. The van der Waals surface area contributed by atoms with E-state index in [1.165, 1.54) is 18.4 Å². The Bertz CT molecular complexity index is 1100. The van der Waals surface area contributed by atoms with Gasteiger partial charge in [0.1, 0.15) is 10.3 Å². The van der Waals surface area contributed by atoms with Crippen LogP contribution >= 0.6 is 11.3 Å². The first-order valence-electron chi connectivity index (χ1n) is 9.78. The number of hydrogen-bond acceptors (Lipinski definition) is 6. The van der Waals surface area contributed by atoms with E-state index in [0.717, 1.165) is 54.9 Å². The van der Waals surface area contributed by atoms with Crippen molar-refractivity contribution in [3.8, 4) is 5.75 Å². The number of aryl methyl sites for hydroxylation is 1. The number of rotatable bonds is 6. The first kappa shape index (κ1) is 19.9. The van der Waals surface area contributed by atoms with Gasteiger partial charge in [-0.2, -0.15) is 0 Å². The van der Waals surface area contributed by atoms with Gasteiger partial charge in [-0.05, 0) is 19.0 Å². The molecule has 1 amide bonds. The molecule has 1 saturated heterocycles. The lowest BCUT2D eigenvalue weighted by atomic mass is 10.1. The zero-order chi connectivity index (χ0) is 20.4. The molecule has 0 spiro atoms. The molecule has 0 atom stereocenters. The van der Waals surface area contributed by atoms with Gasteiger partial charge in [-0.15, -0.1) is 11.3 Å². The number of nitrogens with one attached hydrogen (secondary N) is 1. The summed E-state index contributed by atoms with van der Waals surface area (Å²) in [4.78, 5) is 28.6. The number of aromatic nitrogens is 1. The van der Waals surface area contributed by atoms with Crippen molar-refractivity contribution in [1.82, 2.24) is 14.8 Å². The van der Waals surface area contributed by atoms with Crippen molar-refractivity contribution in [2.24, 2.45) is 7.05 Å². The highest BCUT2D eigenvalue weighted by atomic mass is 32.1. The second-order valence-corrected chi connectivity index (χ2v) is 8.13. The highest BCUT2D eigenvalue weighted by molar-refractivity contribution is 7.22. The second kappa shape index (κ2) is 8.52. The first-order chi connectivity index (χ1) is 14.1. The van der Waals surface area contributed by atoms with Crippen molar-refractivity contribution in [3.63, 3.8) is 0 Å². The largest absolute Gasteiger partial charge is 0.494 e. The molecule has 0 unspecified atom stereocenters. The molecule has 3 heterocycles. The van der Waals surface area contributed by atoms with Crippen molar-refractivity contribution >= 4 is 38.2 Å². The normalized spacial score (nSPS) is 15.1. The lowest BCUT2D eigenvalue weighted by molar-refractivity contribution is 0.0374. The summed E-state index contributed by atoms with van der Waals surface area (Å²) in [7, 11) is 3.25. The molecule has 0 bridgehead atoms. The van der Waals surface area contributed by atoms with Gasteiger partial charge in [0.2, 0.25) is 0 Å². The number of carbonyl (C=O) groups is 1. The Kier molecular flexibility index (Phi) is 5.84. The number of hydrogen-bond donors (Lipinski definition) is 1. The van der Waals surface area contributed by atoms with Gasteiger partial charge in [0.25, 0.3) is 11.5 Å². The van der Waals surface area contributed by atoms with Crippen LogP contribution in [0.2, 0.25) is 0 Å². The van der Waals surface area contributed by atoms with Crippen LogP contribution in [0.4, 0.5) is 0 Å². The number of carbonyl (C=O) groups excluding carboxylic acids is 1. The third-order valence-electron chi connectivity index (χ3n) is 5.34. The summed E-state index contributed by atoms with van der Waals surface area (Å²) in [6, 6.07) is 7.72. The summed E-state index contributed by atoms with van der Waals surface area (Å²) < 4.78 is 13.3. The number of pyridine rings is 1. The molecular weight excluding hydrogens is 390 g/mol. The Balaban J connectivity index is 1.58. The molecule has 1 fully saturated rings. The van der Waals surface area contributed by atoms with Crippen molar-refractivity contribution in [3.05, 3.63) is 39.5 Å². The summed E-state index contributed by atoms with van der Waals surface area (Å²) in [5, 5.41) is 4.39. The monoisotopic (exact) mass is 415 g/mol. The van der Waals surface area contributed by atoms with Crippen LogP contribution in [0, 0.1) is 0 Å². The third-order valence-corrected chi connectivity index (χ3v) is 6.55. The molecule has 3 aromatic rings. The number of amides is 1. The number of para-hydroxylation sites is 1. The van der Waals surface area contributed by atoms with Gasteiger partial charge in [-0.3, -0.25) is 14.5 Å². The molecule has 8 heteroatoms. The number of morpholine rings is 1. The molecule has 154 valence electrons. The smallest absolute Gasteiger partial charge is 0.265 e.